The molecule has 1 saturated heterocycles. The topological polar surface area (TPSA) is 38.5 Å². The Morgan fingerprint density at radius 2 is 1.79 bits per heavy atom. The van der Waals surface area contributed by atoms with Crippen molar-refractivity contribution in [1.29, 1.82) is 0 Å². The Morgan fingerprint density at radius 1 is 1.21 bits per heavy atom. The summed E-state index contributed by atoms with van der Waals surface area (Å²) in [5.74, 6) is -0.212. The van der Waals surface area contributed by atoms with Crippen LogP contribution in [0.15, 0.2) is 18.2 Å². The van der Waals surface area contributed by atoms with Crippen LogP contribution in [0.25, 0.3) is 0 Å². The van der Waals surface area contributed by atoms with Gasteiger partial charge in [0.2, 0.25) is 0 Å². The molecule has 1 aliphatic rings. The number of ether oxygens (including phenoxy) is 1. The lowest BCUT2D eigenvalue weighted by Gasteiger charge is -2.48. The number of benzene rings is 1. The Hall–Kier alpha value is -1.13. The number of anilines is 1. The van der Waals surface area contributed by atoms with E-state index >= 15 is 0 Å². The van der Waals surface area contributed by atoms with Gasteiger partial charge in [-0.15, -0.1) is 0 Å². The molecule has 106 valence electrons. The van der Waals surface area contributed by atoms with Crippen LogP contribution in [0, 0.1) is 5.82 Å². The second kappa shape index (κ2) is 4.76. The van der Waals surface area contributed by atoms with Crippen LogP contribution in [-0.4, -0.2) is 24.3 Å². The van der Waals surface area contributed by atoms with Gasteiger partial charge in [0.15, 0.2) is 0 Å². The zero-order valence-corrected chi connectivity index (χ0v) is 12.2. The summed E-state index contributed by atoms with van der Waals surface area (Å²) in [6.07, 6.45) is 0. The van der Waals surface area contributed by atoms with Gasteiger partial charge in [0.05, 0.1) is 16.9 Å². The molecule has 1 aromatic rings. The van der Waals surface area contributed by atoms with Crippen molar-refractivity contribution in [2.75, 3.05) is 18.0 Å². The number of halogens is 1. The van der Waals surface area contributed by atoms with Crippen LogP contribution in [0.4, 0.5) is 10.1 Å². The number of hydrogen-bond acceptors (Lipinski definition) is 3. The molecule has 1 aromatic carbocycles. The highest BCUT2D eigenvalue weighted by Crippen LogP contribution is 2.34. The molecule has 0 unspecified atom stereocenters. The van der Waals surface area contributed by atoms with E-state index in [4.69, 9.17) is 10.5 Å². The van der Waals surface area contributed by atoms with Crippen molar-refractivity contribution >= 4 is 5.69 Å². The van der Waals surface area contributed by atoms with Gasteiger partial charge in [-0.3, -0.25) is 0 Å². The largest absolute Gasteiger partial charge is 0.366 e. The highest BCUT2D eigenvalue weighted by atomic mass is 19.1. The highest BCUT2D eigenvalue weighted by molar-refractivity contribution is 5.56. The van der Waals surface area contributed by atoms with Gasteiger partial charge < -0.3 is 15.4 Å². The molecule has 0 bridgehead atoms. The lowest BCUT2D eigenvalue weighted by molar-refractivity contribution is -0.133. The van der Waals surface area contributed by atoms with Crippen LogP contribution in [0.3, 0.4) is 0 Å². The third-order valence-electron chi connectivity index (χ3n) is 3.30. The average Bonchev–Trinajstić information content (AvgIpc) is 2.24. The monoisotopic (exact) mass is 266 g/mol. The molecule has 2 rings (SSSR count). The van der Waals surface area contributed by atoms with Crippen molar-refractivity contribution in [3.63, 3.8) is 0 Å². The zero-order valence-electron chi connectivity index (χ0n) is 12.2. The number of para-hydroxylation sites is 1. The molecule has 1 fully saturated rings. The number of morpholine rings is 1. The quantitative estimate of drug-likeness (QED) is 0.894. The Labute approximate surface area is 114 Å². The summed E-state index contributed by atoms with van der Waals surface area (Å²) < 4.78 is 20.2. The number of rotatable bonds is 2. The van der Waals surface area contributed by atoms with E-state index in [2.05, 4.69) is 4.90 Å². The number of hydrogen-bond donors (Lipinski definition) is 1. The molecule has 1 aliphatic heterocycles. The molecule has 0 saturated carbocycles. The van der Waals surface area contributed by atoms with Crippen LogP contribution < -0.4 is 10.6 Å². The van der Waals surface area contributed by atoms with Crippen molar-refractivity contribution in [1.82, 2.24) is 0 Å². The summed E-state index contributed by atoms with van der Waals surface area (Å²) in [7, 11) is 0. The van der Waals surface area contributed by atoms with E-state index in [1.807, 2.05) is 33.8 Å². The molecular formula is C15H23FN2O. The fraction of sp³-hybridized carbons (Fsp3) is 0.600. The van der Waals surface area contributed by atoms with E-state index in [0.717, 1.165) is 5.56 Å². The molecule has 0 aliphatic carbocycles. The van der Waals surface area contributed by atoms with Crippen LogP contribution in [0.2, 0.25) is 0 Å². The molecule has 0 amide bonds. The number of nitrogens with two attached hydrogens (primary N) is 1. The van der Waals surface area contributed by atoms with Crippen LogP contribution in [0.5, 0.6) is 0 Å². The molecule has 0 aromatic heterocycles. The SMILES string of the molecule is CC1(C)CN(c2c(F)cccc2CN)CC(C)(C)O1. The molecular weight excluding hydrogens is 243 g/mol. The Kier molecular flexibility index (Phi) is 3.58. The highest BCUT2D eigenvalue weighted by Gasteiger charge is 2.39. The number of nitrogens with zero attached hydrogens (tertiary/aromatic N) is 1. The van der Waals surface area contributed by atoms with Gasteiger partial charge in [-0.05, 0) is 39.3 Å². The first-order chi connectivity index (χ1) is 8.74. The maximum Gasteiger partial charge on any atom is 0.146 e. The fourth-order valence-corrected chi connectivity index (χ4v) is 3.02. The third-order valence-corrected chi connectivity index (χ3v) is 3.30. The van der Waals surface area contributed by atoms with Crippen LogP contribution in [-0.2, 0) is 11.3 Å². The van der Waals surface area contributed by atoms with E-state index in [0.29, 0.717) is 25.3 Å². The third kappa shape index (κ3) is 3.07. The summed E-state index contributed by atoms with van der Waals surface area (Å²) in [6, 6.07) is 5.08. The molecule has 0 radical (unpaired) electrons. The minimum Gasteiger partial charge on any atom is -0.366 e. The lowest BCUT2D eigenvalue weighted by Crippen LogP contribution is -2.57. The minimum atomic E-state index is -0.310. The Balaban J connectivity index is 2.41. The summed E-state index contributed by atoms with van der Waals surface area (Å²) in [4.78, 5) is 2.06. The standard InChI is InChI=1S/C15H23FN2O/c1-14(2)9-18(10-15(3,4)19-14)13-11(8-17)6-5-7-12(13)16/h5-7H,8-10,17H2,1-4H3. The predicted molar refractivity (Wildman–Crippen MR) is 75.7 cm³/mol. The molecule has 0 atom stereocenters. The van der Waals surface area contributed by atoms with Crippen molar-refractivity contribution in [3.8, 4) is 0 Å². The molecule has 3 nitrogen and oxygen atoms in total. The fourth-order valence-electron chi connectivity index (χ4n) is 3.02. The van der Waals surface area contributed by atoms with Gasteiger partial charge in [0.1, 0.15) is 5.82 Å². The first-order valence-corrected chi connectivity index (χ1v) is 6.67. The van der Waals surface area contributed by atoms with Crippen molar-refractivity contribution in [2.45, 2.75) is 45.4 Å². The average molecular weight is 266 g/mol. The maximum absolute atomic E-state index is 14.2. The van der Waals surface area contributed by atoms with Crippen molar-refractivity contribution < 1.29 is 9.13 Å². The van der Waals surface area contributed by atoms with Gasteiger partial charge in [0.25, 0.3) is 0 Å². The summed E-state index contributed by atoms with van der Waals surface area (Å²) in [5.41, 5.74) is 6.58. The summed E-state index contributed by atoms with van der Waals surface area (Å²) >= 11 is 0. The molecule has 19 heavy (non-hydrogen) atoms. The van der Waals surface area contributed by atoms with Gasteiger partial charge in [-0.2, -0.15) is 0 Å². The summed E-state index contributed by atoms with van der Waals surface area (Å²) in [6.45, 7) is 9.78. The van der Waals surface area contributed by atoms with E-state index < -0.39 is 0 Å². The normalized spacial score (nSPS) is 21.5. The molecule has 4 heteroatoms. The van der Waals surface area contributed by atoms with E-state index in [1.165, 1.54) is 6.07 Å². The van der Waals surface area contributed by atoms with Crippen molar-refractivity contribution in [3.05, 3.63) is 29.6 Å². The molecule has 2 N–H and O–H groups in total. The van der Waals surface area contributed by atoms with Gasteiger partial charge in [-0.1, -0.05) is 12.1 Å². The van der Waals surface area contributed by atoms with Crippen LogP contribution >= 0.6 is 0 Å². The van der Waals surface area contributed by atoms with E-state index in [-0.39, 0.29) is 17.0 Å². The van der Waals surface area contributed by atoms with Gasteiger partial charge in [-0.25, -0.2) is 4.39 Å². The van der Waals surface area contributed by atoms with E-state index in [1.54, 1.807) is 6.07 Å². The zero-order chi connectivity index (χ0) is 14.3. The second-order valence-electron chi connectivity index (χ2n) is 6.43. The van der Waals surface area contributed by atoms with Gasteiger partial charge in [0, 0.05) is 19.6 Å². The van der Waals surface area contributed by atoms with Crippen LogP contribution in [0.1, 0.15) is 33.3 Å². The first kappa shape index (κ1) is 14.3. The van der Waals surface area contributed by atoms with E-state index in [9.17, 15) is 4.39 Å². The van der Waals surface area contributed by atoms with Crippen molar-refractivity contribution in [2.24, 2.45) is 5.73 Å². The first-order valence-electron chi connectivity index (χ1n) is 6.67. The summed E-state index contributed by atoms with van der Waals surface area (Å²) in [5, 5.41) is 0. The molecule has 1 heterocycles. The lowest BCUT2D eigenvalue weighted by atomic mass is 9.97. The molecule has 0 spiro atoms. The van der Waals surface area contributed by atoms with Gasteiger partial charge >= 0.3 is 0 Å². The minimum absolute atomic E-state index is 0.212. The predicted octanol–water partition coefficient (Wildman–Crippen LogP) is 2.68. The second-order valence-corrected chi connectivity index (χ2v) is 6.43. The Morgan fingerprint density at radius 3 is 2.32 bits per heavy atom. The smallest absolute Gasteiger partial charge is 0.146 e. The maximum atomic E-state index is 14.2. The Bertz CT molecular complexity index is 455.